The van der Waals surface area contributed by atoms with E-state index in [9.17, 15) is 14.4 Å². The summed E-state index contributed by atoms with van der Waals surface area (Å²) < 4.78 is 15.5. The van der Waals surface area contributed by atoms with Crippen molar-refractivity contribution in [2.45, 2.75) is 71.0 Å². The van der Waals surface area contributed by atoms with Gasteiger partial charge in [0.1, 0.15) is 5.60 Å². The van der Waals surface area contributed by atoms with Crippen molar-refractivity contribution in [3.8, 4) is 0 Å². The van der Waals surface area contributed by atoms with Gasteiger partial charge in [-0.1, -0.05) is 0 Å². The number of ether oxygens (including phenoxy) is 3. The van der Waals surface area contributed by atoms with Crippen LogP contribution in [0.4, 0.5) is 0 Å². The Bertz CT molecular complexity index is 382. The summed E-state index contributed by atoms with van der Waals surface area (Å²) in [7, 11) is 0. The molecule has 6 heteroatoms. The van der Waals surface area contributed by atoms with Gasteiger partial charge in [0.05, 0.1) is 6.61 Å². The Labute approximate surface area is 125 Å². The maximum atomic E-state index is 12.0. The second-order valence-electron chi connectivity index (χ2n) is 6.08. The van der Waals surface area contributed by atoms with Gasteiger partial charge in [0.15, 0.2) is 6.10 Å². The van der Waals surface area contributed by atoms with Gasteiger partial charge in [-0.25, -0.2) is 4.79 Å². The quantitative estimate of drug-likeness (QED) is 0.545. The average Bonchev–Trinajstić information content (AvgIpc) is 2.34. The highest BCUT2D eigenvalue weighted by atomic mass is 16.6. The van der Waals surface area contributed by atoms with Crippen molar-refractivity contribution < 1.29 is 28.6 Å². The third-order valence-electron chi connectivity index (χ3n) is 2.83. The highest BCUT2D eigenvalue weighted by molar-refractivity contribution is 5.79. The molecule has 0 N–H and O–H groups in total. The van der Waals surface area contributed by atoms with Gasteiger partial charge in [0.25, 0.3) is 0 Å². The fourth-order valence-corrected chi connectivity index (χ4v) is 1.88. The number of hydrogen-bond donors (Lipinski definition) is 0. The number of carbonyl (C=O) groups is 3. The molecular weight excluding hydrogens is 276 g/mol. The van der Waals surface area contributed by atoms with Crippen LogP contribution in [0.2, 0.25) is 0 Å². The zero-order valence-electron chi connectivity index (χ0n) is 13.0. The van der Waals surface area contributed by atoms with Crippen LogP contribution >= 0.6 is 0 Å². The Morgan fingerprint density at radius 2 is 1.71 bits per heavy atom. The minimum absolute atomic E-state index is 0.187. The van der Waals surface area contributed by atoms with Crippen LogP contribution in [-0.4, -0.2) is 36.2 Å². The first-order chi connectivity index (χ1) is 9.78. The summed E-state index contributed by atoms with van der Waals surface area (Å²) in [6.07, 6.45) is 1.40. The molecule has 0 radical (unpaired) electrons. The minimum Gasteiger partial charge on any atom is -0.466 e. The zero-order chi connectivity index (χ0) is 15.9. The van der Waals surface area contributed by atoms with Gasteiger partial charge < -0.3 is 14.2 Å². The van der Waals surface area contributed by atoms with Crippen LogP contribution in [0.25, 0.3) is 0 Å². The third kappa shape index (κ3) is 7.68. The molecule has 120 valence electrons. The normalized spacial score (nSPS) is 22.3. The summed E-state index contributed by atoms with van der Waals surface area (Å²) in [5.74, 6) is -1.25. The predicted octanol–water partition coefficient (Wildman–Crippen LogP) is 2.14. The Kier molecular flexibility index (Phi) is 6.65. The zero-order valence-corrected chi connectivity index (χ0v) is 13.0. The van der Waals surface area contributed by atoms with E-state index in [1.165, 1.54) is 0 Å². The lowest BCUT2D eigenvalue weighted by Crippen LogP contribution is -2.35. The maximum Gasteiger partial charge on any atom is 0.347 e. The molecule has 0 spiro atoms. The summed E-state index contributed by atoms with van der Waals surface area (Å²) in [5, 5.41) is 0. The van der Waals surface area contributed by atoms with Crippen LogP contribution in [0.15, 0.2) is 0 Å². The minimum atomic E-state index is -0.935. The summed E-state index contributed by atoms with van der Waals surface area (Å²) in [5.41, 5.74) is -0.639. The molecule has 0 amide bonds. The van der Waals surface area contributed by atoms with Gasteiger partial charge in [-0.05, 0) is 46.5 Å². The van der Waals surface area contributed by atoms with E-state index in [1.54, 1.807) is 20.8 Å². The molecule has 1 unspecified atom stereocenters. The van der Waals surface area contributed by atoms with Crippen molar-refractivity contribution in [3.05, 3.63) is 0 Å². The van der Waals surface area contributed by atoms with E-state index in [2.05, 4.69) is 0 Å². The molecule has 1 atom stereocenters. The SMILES string of the molecule is CC(C)(C)OC(=O)C1CCCOC(=O)CCCCC(=O)O1. The van der Waals surface area contributed by atoms with Crippen LogP contribution in [0, 0.1) is 0 Å². The fraction of sp³-hybridized carbons (Fsp3) is 0.800. The van der Waals surface area contributed by atoms with Crippen LogP contribution in [0.5, 0.6) is 0 Å². The monoisotopic (exact) mass is 300 g/mol. The number of rotatable bonds is 1. The summed E-state index contributed by atoms with van der Waals surface area (Å²) >= 11 is 0. The largest absolute Gasteiger partial charge is 0.466 e. The van der Waals surface area contributed by atoms with Crippen molar-refractivity contribution in [1.82, 2.24) is 0 Å². The molecule has 1 rings (SSSR count). The lowest BCUT2D eigenvalue weighted by atomic mass is 10.1. The standard InChI is InChI=1S/C15H24O6/c1-15(2,3)21-14(18)11-7-6-10-19-12(16)8-4-5-9-13(17)20-11/h11H,4-10H2,1-3H3. The molecular formula is C15H24O6. The smallest absolute Gasteiger partial charge is 0.347 e. The Morgan fingerprint density at radius 1 is 1.10 bits per heavy atom. The topological polar surface area (TPSA) is 78.9 Å². The number of esters is 3. The van der Waals surface area contributed by atoms with Crippen LogP contribution in [0.1, 0.15) is 59.3 Å². The first-order valence-corrected chi connectivity index (χ1v) is 7.36. The van der Waals surface area contributed by atoms with Gasteiger partial charge >= 0.3 is 17.9 Å². The molecule has 0 aromatic heterocycles. The molecule has 21 heavy (non-hydrogen) atoms. The van der Waals surface area contributed by atoms with E-state index in [-0.39, 0.29) is 25.4 Å². The second-order valence-corrected chi connectivity index (χ2v) is 6.08. The molecule has 0 bridgehead atoms. The highest BCUT2D eigenvalue weighted by Gasteiger charge is 2.28. The van der Waals surface area contributed by atoms with Gasteiger partial charge in [-0.2, -0.15) is 0 Å². The summed E-state index contributed by atoms with van der Waals surface area (Å²) in [4.78, 5) is 35.1. The molecule has 1 aliphatic heterocycles. The molecule has 1 fully saturated rings. The maximum absolute atomic E-state index is 12.0. The fourth-order valence-electron chi connectivity index (χ4n) is 1.88. The molecule has 0 aromatic carbocycles. The first-order valence-electron chi connectivity index (χ1n) is 7.36. The molecule has 0 aliphatic carbocycles. The van der Waals surface area contributed by atoms with Gasteiger partial charge in [0, 0.05) is 12.8 Å². The van der Waals surface area contributed by atoms with E-state index in [1.807, 2.05) is 0 Å². The van der Waals surface area contributed by atoms with E-state index < -0.39 is 23.6 Å². The molecule has 0 saturated carbocycles. The number of hydrogen-bond acceptors (Lipinski definition) is 6. The summed E-state index contributed by atoms with van der Waals surface area (Å²) in [6.45, 7) is 5.48. The molecule has 1 aliphatic rings. The van der Waals surface area contributed by atoms with E-state index in [0.717, 1.165) is 0 Å². The molecule has 0 aromatic rings. The van der Waals surface area contributed by atoms with E-state index >= 15 is 0 Å². The van der Waals surface area contributed by atoms with Gasteiger partial charge in [-0.3, -0.25) is 9.59 Å². The van der Waals surface area contributed by atoms with Crippen molar-refractivity contribution in [2.75, 3.05) is 6.61 Å². The van der Waals surface area contributed by atoms with Crippen LogP contribution in [-0.2, 0) is 28.6 Å². The van der Waals surface area contributed by atoms with Crippen molar-refractivity contribution >= 4 is 17.9 Å². The van der Waals surface area contributed by atoms with Crippen LogP contribution < -0.4 is 0 Å². The number of cyclic esters (lactones) is 2. The molecule has 6 nitrogen and oxygen atoms in total. The van der Waals surface area contributed by atoms with Crippen LogP contribution in [0.3, 0.4) is 0 Å². The molecule has 1 saturated heterocycles. The predicted molar refractivity (Wildman–Crippen MR) is 74.4 cm³/mol. The Balaban J connectivity index is 2.63. The Hall–Kier alpha value is -1.59. The molecule has 1 heterocycles. The lowest BCUT2D eigenvalue weighted by Gasteiger charge is -2.24. The van der Waals surface area contributed by atoms with E-state index in [4.69, 9.17) is 14.2 Å². The second kappa shape index (κ2) is 8.00. The summed E-state index contributed by atoms with van der Waals surface area (Å²) in [6, 6.07) is 0. The lowest BCUT2D eigenvalue weighted by molar-refractivity contribution is -0.176. The van der Waals surface area contributed by atoms with Gasteiger partial charge in [0.2, 0.25) is 0 Å². The Morgan fingerprint density at radius 3 is 2.33 bits per heavy atom. The van der Waals surface area contributed by atoms with Crippen molar-refractivity contribution in [2.24, 2.45) is 0 Å². The third-order valence-corrected chi connectivity index (χ3v) is 2.83. The van der Waals surface area contributed by atoms with Crippen molar-refractivity contribution in [3.63, 3.8) is 0 Å². The van der Waals surface area contributed by atoms with Crippen molar-refractivity contribution in [1.29, 1.82) is 0 Å². The average molecular weight is 300 g/mol. The first kappa shape index (κ1) is 17.5. The number of carbonyl (C=O) groups excluding carboxylic acids is 3. The van der Waals surface area contributed by atoms with E-state index in [0.29, 0.717) is 25.7 Å². The highest BCUT2D eigenvalue weighted by Crippen LogP contribution is 2.15. The van der Waals surface area contributed by atoms with Gasteiger partial charge in [-0.15, -0.1) is 0 Å².